The lowest BCUT2D eigenvalue weighted by molar-refractivity contribution is -0.137. The number of carboxylic acid groups (broad SMARTS) is 1. The Labute approximate surface area is 203 Å². The summed E-state index contributed by atoms with van der Waals surface area (Å²) >= 11 is 0. The highest BCUT2D eigenvalue weighted by atomic mass is 16.5. The summed E-state index contributed by atoms with van der Waals surface area (Å²) in [6.07, 6.45) is 2.57. The van der Waals surface area contributed by atoms with Crippen LogP contribution in [0.2, 0.25) is 0 Å². The van der Waals surface area contributed by atoms with E-state index in [0.29, 0.717) is 6.42 Å². The third-order valence-electron chi connectivity index (χ3n) is 6.11. The molecule has 4 rings (SSSR count). The third-order valence-corrected chi connectivity index (χ3v) is 6.11. The zero-order valence-electron chi connectivity index (χ0n) is 19.5. The minimum absolute atomic E-state index is 0.0874. The van der Waals surface area contributed by atoms with Crippen LogP contribution >= 0.6 is 0 Å². The Morgan fingerprint density at radius 1 is 1.03 bits per heavy atom. The van der Waals surface area contributed by atoms with Gasteiger partial charge in [-0.05, 0) is 28.7 Å². The molecule has 35 heavy (non-hydrogen) atoms. The molecule has 0 saturated carbocycles. The second-order valence-corrected chi connectivity index (χ2v) is 8.52. The molecule has 8 nitrogen and oxygen atoms in total. The number of hydrogen-bond donors (Lipinski definition) is 3. The number of furan rings is 1. The van der Waals surface area contributed by atoms with Crippen LogP contribution in [-0.2, 0) is 9.53 Å². The molecule has 0 aliphatic heterocycles. The smallest absolute Gasteiger partial charge is 0.411 e. The van der Waals surface area contributed by atoms with Crippen LogP contribution in [0.5, 0.6) is 0 Å². The zero-order valence-corrected chi connectivity index (χ0v) is 19.5. The van der Waals surface area contributed by atoms with Crippen LogP contribution in [0.4, 0.5) is 10.5 Å². The maximum absolute atomic E-state index is 12.7. The number of amides is 2. The van der Waals surface area contributed by atoms with Gasteiger partial charge in [-0.2, -0.15) is 0 Å². The van der Waals surface area contributed by atoms with E-state index in [9.17, 15) is 14.4 Å². The van der Waals surface area contributed by atoms with Crippen molar-refractivity contribution in [1.29, 1.82) is 0 Å². The van der Waals surface area contributed by atoms with E-state index in [1.807, 2.05) is 43.3 Å². The van der Waals surface area contributed by atoms with E-state index >= 15 is 0 Å². The van der Waals surface area contributed by atoms with E-state index in [4.69, 9.17) is 14.3 Å². The second-order valence-electron chi connectivity index (χ2n) is 8.52. The van der Waals surface area contributed by atoms with Crippen molar-refractivity contribution in [1.82, 2.24) is 5.32 Å². The van der Waals surface area contributed by atoms with Gasteiger partial charge in [-0.25, -0.2) is 4.79 Å². The molecular formula is C27H28N2O6. The number of unbranched alkanes of at least 4 members (excludes halogenated alkanes) is 1. The fourth-order valence-electron chi connectivity index (χ4n) is 4.47. The molecule has 0 saturated heterocycles. The lowest BCUT2D eigenvalue weighted by Crippen LogP contribution is -2.36. The fourth-order valence-corrected chi connectivity index (χ4v) is 4.47. The van der Waals surface area contributed by atoms with Crippen LogP contribution in [-0.4, -0.2) is 35.7 Å². The maximum atomic E-state index is 12.7. The largest absolute Gasteiger partial charge is 0.481 e. The molecular weight excluding hydrogens is 448 g/mol. The number of aliphatic carboxylic acids is 1. The molecule has 1 aliphatic rings. The summed E-state index contributed by atoms with van der Waals surface area (Å²) in [6.45, 7) is 2.12. The number of benzene rings is 2. The average Bonchev–Trinajstić information content (AvgIpc) is 3.43. The highest BCUT2D eigenvalue weighted by Gasteiger charge is 2.29. The van der Waals surface area contributed by atoms with E-state index in [2.05, 4.69) is 22.8 Å². The molecule has 8 heteroatoms. The molecule has 3 N–H and O–H groups in total. The fraction of sp³-hybridized carbons (Fsp3) is 0.296. The number of ether oxygens (including phenoxy) is 1. The van der Waals surface area contributed by atoms with Gasteiger partial charge in [-0.1, -0.05) is 68.3 Å². The van der Waals surface area contributed by atoms with Gasteiger partial charge in [0.05, 0.1) is 18.4 Å². The Bertz CT molecular complexity index is 1170. The van der Waals surface area contributed by atoms with Crippen LogP contribution in [0.25, 0.3) is 11.1 Å². The molecule has 0 bridgehead atoms. The standard InChI is InChI=1S/C27H28N2O6/c1-2-3-8-17(15-24(30)31)28-26(32)25-23(13-14-34-25)29-27(33)35-16-22-20-11-6-4-9-18(20)19-10-5-7-12-21(19)22/h4-7,9-14,17,22H,2-3,8,15-16H2,1H3,(H,28,32)(H,29,33)(H,30,31). The second kappa shape index (κ2) is 10.9. The molecule has 182 valence electrons. The Hall–Kier alpha value is -4.07. The Morgan fingerprint density at radius 3 is 2.31 bits per heavy atom. The number of anilines is 1. The first-order valence-electron chi connectivity index (χ1n) is 11.7. The summed E-state index contributed by atoms with van der Waals surface area (Å²) in [6, 6.07) is 17.0. The van der Waals surface area contributed by atoms with Crippen molar-refractivity contribution < 1.29 is 28.6 Å². The summed E-state index contributed by atoms with van der Waals surface area (Å²) in [5.41, 5.74) is 4.61. The van der Waals surface area contributed by atoms with E-state index in [0.717, 1.165) is 35.1 Å². The van der Waals surface area contributed by atoms with Gasteiger partial charge in [-0.3, -0.25) is 14.9 Å². The summed E-state index contributed by atoms with van der Waals surface area (Å²) in [4.78, 5) is 36.4. The number of carbonyl (C=O) groups excluding carboxylic acids is 2. The quantitative estimate of drug-likeness (QED) is 0.360. The van der Waals surface area contributed by atoms with Gasteiger partial charge in [-0.15, -0.1) is 0 Å². The topological polar surface area (TPSA) is 118 Å². The van der Waals surface area contributed by atoms with Gasteiger partial charge >= 0.3 is 12.1 Å². The number of hydrogen-bond acceptors (Lipinski definition) is 5. The lowest BCUT2D eigenvalue weighted by atomic mass is 9.98. The van der Waals surface area contributed by atoms with Crippen molar-refractivity contribution in [2.45, 2.75) is 44.6 Å². The molecule has 0 spiro atoms. The minimum atomic E-state index is -0.997. The van der Waals surface area contributed by atoms with Gasteiger partial charge in [0.25, 0.3) is 5.91 Å². The molecule has 1 aromatic heterocycles. The molecule has 3 aromatic rings. The number of rotatable bonds is 10. The van der Waals surface area contributed by atoms with Crippen LogP contribution in [0, 0.1) is 0 Å². The van der Waals surface area contributed by atoms with Crippen molar-refractivity contribution in [2.75, 3.05) is 11.9 Å². The van der Waals surface area contributed by atoms with Gasteiger partial charge in [0.1, 0.15) is 6.61 Å². The Balaban J connectivity index is 1.39. The molecule has 0 fully saturated rings. The molecule has 2 amide bonds. The minimum Gasteiger partial charge on any atom is -0.481 e. The van der Waals surface area contributed by atoms with Crippen molar-refractivity contribution in [2.24, 2.45) is 0 Å². The molecule has 1 unspecified atom stereocenters. The van der Waals surface area contributed by atoms with E-state index in [1.54, 1.807) is 0 Å². The van der Waals surface area contributed by atoms with E-state index < -0.39 is 24.0 Å². The molecule has 0 radical (unpaired) electrons. The third kappa shape index (κ3) is 5.54. The summed E-state index contributed by atoms with van der Waals surface area (Å²) in [7, 11) is 0. The van der Waals surface area contributed by atoms with E-state index in [-0.39, 0.29) is 30.4 Å². The van der Waals surface area contributed by atoms with Gasteiger partial charge in [0.2, 0.25) is 5.76 Å². The van der Waals surface area contributed by atoms with Crippen LogP contribution in [0.15, 0.2) is 65.3 Å². The van der Waals surface area contributed by atoms with Crippen molar-refractivity contribution in [3.05, 3.63) is 77.7 Å². The van der Waals surface area contributed by atoms with E-state index in [1.165, 1.54) is 12.3 Å². The van der Waals surface area contributed by atoms with Crippen LogP contribution in [0.1, 0.15) is 60.2 Å². The number of carboxylic acids is 1. The molecule has 1 aliphatic carbocycles. The zero-order chi connectivity index (χ0) is 24.8. The predicted octanol–water partition coefficient (Wildman–Crippen LogP) is 5.40. The van der Waals surface area contributed by atoms with Crippen LogP contribution < -0.4 is 10.6 Å². The number of carbonyl (C=O) groups is 3. The molecule has 1 heterocycles. The first-order valence-corrected chi connectivity index (χ1v) is 11.7. The average molecular weight is 477 g/mol. The summed E-state index contributed by atoms with van der Waals surface area (Å²) in [5.74, 6) is -1.78. The SMILES string of the molecule is CCCCC(CC(=O)O)NC(=O)c1occc1NC(=O)OCC1c2ccccc2-c2ccccc21. The summed E-state index contributed by atoms with van der Waals surface area (Å²) < 4.78 is 10.8. The van der Waals surface area contributed by atoms with Gasteiger partial charge in [0.15, 0.2) is 0 Å². The van der Waals surface area contributed by atoms with Gasteiger partial charge in [0, 0.05) is 18.0 Å². The first-order chi connectivity index (χ1) is 17.0. The Kier molecular flexibility index (Phi) is 7.50. The van der Waals surface area contributed by atoms with Crippen LogP contribution in [0.3, 0.4) is 0 Å². The summed E-state index contributed by atoms with van der Waals surface area (Å²) in [5, 5.41) is 14.4. The van der Waals surface area contributed by atoms with Gasteiger partial charge < -0.3 is 19.6 Å². The first kappa shape index (κ1) is 24.1. The lowest BCUT2D eigenvalue weighted by Gasteiger charge is -2.16. The normalized spacial score (nSPS) is 12.9. The predicted molar refractivity (Wildman–Crippen MR) is 130 cm³/mol. The number of fused-ring (bicyclic) bond motifs is 3. The monoisotopic (exact) mass is 476 g/mol. The molecule has 2 aromatic carbocycles. The maximum Gasteiger partial charge on any atom is 0.411 e. The molecule has 1 atom stereocenters. The number of nitrogens with one attached hydrogen (secondary N) is 2. The highest BCUT2D eigenvalue weighted by molar-refractivity contribution is 6.00. The Morgan fingerprint density at radius 2 is 1.69 bits per heavy atom. The van der Waals surface area contributed by atoms with Crippen molar-refractivity contribution in [3.8, 4) is 11.1 Å². The van der Waals surface area contributed by atoms with Crippen molar-refractivity contribution in [3.63, 3.8) is 0 Å². The highest BCUT2D eigenvalue weighted by Crippen LogP contribution is 2.44. The van der Waals surface area contributed by atoms with Crippen molar-refractivity contribution >= 4 is 23.7 Å².